The van der Waals surface area contributed by atoms with E-state index in [4.69, 9.17) is 11.6 Å². The van der Waals surface area contributed by atoms with Crippen molar-refractivity contribution in [2.45, 2.75) is 44.0 Å². The largest absolute Gasteiger partial charge is 0.311 e. The molecule has 28 heavy (non-hydrogen) atoms. The van der Waals surface area contributed by atoms with Gasteiger partial charge in [0.2, 0.25) is 0 Å². The zero-order valence-electron chi connectivity index (χ0n) is 15.7. The lowest BCUT2D eigenvalue weighted by atomic mass is 10.2. The number of anilines is 1. The first-order valence-electron chi connectivity index (χ1n) is 9.11. The number of fused-ring (bicyclic) bond motifs is 1. The monoisotopic (exact) mass is 420 g/mol. The van der Waals surface area contributed by atoms with Gasteiger partial charge < -0.3 is 4.57 Å². The zero-order valence-corrected chi connectivity index (χ0v) is 17.3. The molecule has 1 N–H and O–H groups in total. The first-order valence-corrected chi connectivity index (χ1v) is 11.0. The quantitative estimate of drug-likeness (QED) is 0.699. The molecule has 0 aliphatic carbocycles. The number of rotatable bonds is 4. The van der Waals surface area contributed by atoms with Crippen LogP contribution in [0.2, 0.25) is 5.15 Å². The van der Waals surface area contributed by atoms with Crippen LogP contribution in [0.1, 0.15) is 30.8 Å². The molecule has 0 spiro atoms. The van der Waals surface area contributed by atoms with Gasteiger partial charge in [0, 0.05) is 31.3 Å². The third-order valence-electron chi connectivity index (χ3n) is 4.85. The highest BCUT2D eigenvalue weighted by molar-refractivity contribution is 7.92. The van der Waals surface area contributed by atoms with Crippen LogP contribution in [0.25, 0.3) is 11.4 Å². The van der Waals surface area contributed by atoms with Crippen molar-refractivity contribution in [2.75, 3.05) is 4.72 Å². The van der Waals surface area contributed by atoms with Crippen LogP contribution in [0.5, 0.6) is 0 Å². The minimum absolute atomic E-state index is 0.0154. The average Bonchev–Trinajstić information content (AvgIpc) is 3.05. The van der Waals surface area contributed by atoms with Crippen LogP contribution >= 0.6 is 11.6 Å². The van der Waals surface area contributed by atoms with Crippen molar-refractivity contribution >= 4 is 27.3 Å². The molecule has 0 fully saturated rings. The summed E-state index contributed by atoms with van der Waals surface area (Å²) in [6.07, 6.45) is 4.29. The molecule has 3 heterocycles. The third-order valence-corrected chi connectivity index (χ3v) is 6.93. The van der Waals surface area contributed by atoms with Crippen molar-refractivity contribution in [3.63, 3.8) is 0 Å². The smallest absolute Gasteiger partial charge is 0.266 e. The van der Waals surface area contributed by atoms with E-state index < -0.39 is 10.0 Å². The lowest BCUT2D eigenvalue weighted by Gasteiger charge is -2.11. The molecule has 0 atom stereocenters. The Morgan fingerprint density at radius 3 is 2.75 bits per heavy atom. The van der Waals surface area contributed by atoms with Gasteiger partial charge in [0.15, 0.2) is 5.82 Å². The summed E-state index contributed by atoms with van der Waals surface area (Å²) in [5.74, 6) is 1.74. The number of nitrogens with zero attached hydrogens (tertiary/aromatic N) is 5. The van der Waals surface area contributed by atoms with E-state index >= 15 is 0 Å². The number of aryl methyl sites for hydroxylation is 3. The Balaban J connectivity index is 1.68. The maximum atomic E-state index is 12.9. The summed E-state index contributed by atoms with van der Waals surface area (Å²) >= 11 is 6.13. The average molecular weight is 421 g/mol. The van der Waals surface area contributed by atoms with Gasteiger partial charge in [-0.1, -0.05) is 30.2 Å². The van der Waals surface area contributed by atoms with Crippen LogP contribution in [0.15, 0.2) is 29.2 Å². The Hall–Kier alpha value is -2.39. The molecule has 3 aromatic rings. The van der Waals surface area contributed by atoms with E-state index in [2.05, 4.69) is 24.6 Å². The van der Waals surface area contributed by atoms with Gasteiger partial charge in [-0.25, -0.2) is 8.42 Å². The fourth-order valence-electron chi connectivity index (χ4n) is 3.54. The molecule has 4 rings (SSSR count). The lowest BCUT2D eigenvalue weighted by Crippen LogP contribution is -2.14. The van der Waals surface area contributed by atoms with Gasteiger partial charge in [0.1, 0.15) is 15.9 Å². The van der Waals surface area contributed by atoms with E-state index in [0.717, 1.165) is 43.0 Å². The molecular formula is C18H21ClN6O2S. The second-order valence-electron chi connectivity index (χ2n) is 6.92. The normalized spacial score (nSPS) is 14.5. The molecule has 148 valence electrons. The van der Waals surface area contributed by atoms with E-state index in [1.165, 1.54) is 11.1 Å². The van der Waals surface area contributed by atoms with E-state index in [1.807, 2.05) is 6.07 Å². The summed E-state index contributed by atoms with van der Waals surface area (Å²) < 4.78 is 31.8. The first kappa shape index (κ1) is 18.9. The van der Waals surface area contributed by atoms with E-state index in [-0.39, 0.29) is 10.0 Å². The molecule has 0 radical (unpaired) electrons. The highest BCUT2D eigenvalue weighted by Gasteiger charge is 2.25. The van der Waals surface area contributed by atoms with Gasteiger partial charge in [-0.15, -0.1) is 10.2 Å². The fourth-order valence-corrected chi connectivity index (χ4v) is 5.34. The molecule has 0 amide bonds. The van der Waals surface area contributed by atoms with Crippen molar-refractivity contribution in [2.24, 2.45) is 7.05 Å². The minimum Gasteiger partial charge on any atom is -0.311 e. The minimum atomic E-state index is -3.87. The first-order chi connectivity index (χ1) is 13.4. The highest BCUT2D eigenvalue weighted by atomic mass is 35.5. The number of benzene rings is 1. The second kappa shape index (κ2) is 7.21. The van der Waals surface area contributed by atoms with Gasteiger partial charge in [0.25, 0.3) is 10.0 Å². The topological polar surface area (TPSA) is 94.7 Å². The Kier molecular flexibility index (Phi) is 4.88. The van der Waals surface area contributed by atoms with Crippen molar-refractivity contribution in [1.29, 1.82) is 0 Å². The zero-order chi connectivity index (χ0) is 19.9. The van der Waals surface area contributed by atoms with E-state index in [9.17, 15) is 8.42 Å². The summed E-state index contributed by atoms with van der Waals surface area (Å²) in [7, 11) is -2.27. The predicted molar refractivity (Wildman–Crippen MR) is 107 cm³/mol. The summed E-state index contributed by atoms with van der Waals surface area (Å²) in [6.45, 7) is 2.49. The van der Waals surface area contributed by atoms with Crippen molar-refractivity contribution in [3.05, 3.63) is 40.9 Å². The number of halogens is 1. The Labute approximate surface area is 168 Å². The molecule has 10 heteroatoms. The van der Waals surface area contributed by atoms with Crippen molar-refractivity contribution in [1.82, 2.24) is 24.5 Å². The highest BCUT2D eigenvalue weighted by Crippen LogP contribution is 2.29. The molecular weight excluding hydrogens is 400 g/mol. The number of sulfonamides is 1. The summed E-state index contributed by atoms with van der Waals surface area (Å²) in [5, 5.41) is 12.8. The maximum absolute atomic E-state index is 12.9. The van der Waals surface area contributed by atoms with E-state index in [1.54, 1.807) is 32.2 Å². The molecule has 2 aromatic heterocycles. The fraction of sp³-hybridized carbons (Fsp3) is 0.389. The SMILES string of the molecule is Cc1nn(C)c(Cl)c1S(=O)(=O)Nc1cccc(-c2nnc3n2CCCCC3)c1. The molecule has 1 aromatic carbocycles. The summed E-state index contributed by atoms with van der Waals surface area (Å²) in [6, 6.07) is 7.16. The van der Waals surface area contributed by atoms with Crippen LogP contribution in [-0.4, -0.2) is 33.0 Å². The molecule has 0 saturated carbocycles. The lowest BCUT2D eigenvalue weighted by molar-refractivity contribution is 0.600. The summed E-state index contributed by atoms with van der Waals surface area (Å²) in [5.41, 5.74) is 1.59. The number of nitrogens with one attached hydrogen (secondary N) is 1. The molecule has 0 bridgehead atoms. The van der Waals surface area contributed by atoms with Crippen LogP contribution in [0.4, 0.5) is 5.69 Å². The number of hydrogen-bond donors (Lipinski definition) is 1. The van der Waals surface area contributed by atoms with Gasteiger partial charge in [-0.3, -0.25) is 9.40 Å². The molecule has 1 aliphatic rings. The number of hydrogen-bond acceptors (Lipinski definition) is 5. The van der Waals surface area contributed by atoms with Crippen LogP contribution in [0, 0.1) is 6.92 Å². The van der Waals surface area contributed by atoms with Crippen molar-refractivity contribution in [3.8, 4) is 11.4 Å². The van der Waals surface area contributed by atoms with Crippen LogP contribution in [-0.2, 0) is 30.0 Å². The van der Waals surface area contributed by atoms with Crippen LogP contribution < -0.4 is 4.72 Å². The van der Waals surface area contributed by atoms with E-state index in [0.29, 0.717) is 11.4 Å². The second-order valence-corrected chi connectivity index (χ2v) is 8.89. The maximum Gasteiger partial charge on any atom is 0.266 e. The molecule has 0 unspecified atom stereocenters. The molecule has 1 aliphatic heterocycles. The Bertz CT molecular complexity index is 1140. The van der Waals surface area contributed by atoms with Gasteiger partial charge in [-0.05, 0) is 31.9 Å². The van der Waals surface area contributed by atoms with Gasteiger partial charge in [0.05, 0.1) is 5.69 Å². The van der Waals surface area contributed by atoms with Gasteiger partial charge >= 0.3 is 0 Å². The Morgan fingerprint density at radius 2 is 2.00 bits per heavy atom. The molecule has 0 saturated heterocycles. The Morgan fingerprint density at radius 1 is 1.18 bits per heavy atom. The van der Waals surface area contributed by atoms with Gasteiger partial charge in [-0.2, -0.15) is 5.10 Å². The predicted octanol–water partition coefficient (Wildman–Crippen LogP) is 3.17. The molecule has 8 nitrogen and oxygen atoms in total. The third kappa shape index (κ3) is 3.40. The standard InChI is InChI=1S/C18H21ClN6O2S/c1-12-16(17(19)24(2)22-12)28(26,27)23-14-8-6-7-13(11-14)18-21-20-15-9-4-3-5-10-25(15)18/h6-8,11,23H,3-5,9-10H2,1-2H3. The van der Waals surface area contributed by atoms with Crippen LogP contribution in [0.3, 0.4) is 0 Å². The summed E-state index contributed by atoms with van der Waals surface area (Å²) in [4.78, 5) is -0.0154. The number of aromatic nitrogens is 5. The van der Waals surface area contributed by atoms with Crippen molar-refractivity contribution < 1.29 is 8.42 Å².